The second-order valence-electron chi connectivity index (χ2n) is 6.03. The molecular formula is C16H23N3O. The first-order chi connectivity index (χ1) is 9.68. The van der Waals surface area contributed by atoms with Crippen LogP contribution in [-0.4, -0.2) is 27.2 Å². The number of benzene rings is 1. The normalized spacial score (nSPS) is 26.8. The second kappa shape index (κ2) is 5.44. The number of hydrogen-bond donors (Lipinski definition) is 3. The summed E-state index contributed by atoms with van der Waals surface area (Å²) in [6, 6.07) is 7.96. The van der Waals surface area contributed by atoms with E-state index in [4.69, 9.17) is 0 Å². The van der Waals surface area contributed by atoms with Crippen molar-refractivity contribution in [2.24, 2.45) is 5.92 Å². The number of para-hydroxylation sites is 2. The molecular weight excluding hydrogens is 250 g/mol. The number of aliphatic hydroxyl groups is 1. The molecule has 2 aromatic rings. The second-order valence-corrected chi connectivity index (χ2v) is 6.03. The van der Waals surface area contributed by atoms with Gasteiger partial charge >= 0.3 is 0 Å². The quantitative estimate of drug-likeness (QED) is 0.801. The Morgan fingerprint density at radius 3 is 2.80 bits per heavy atom. The van der Waals surface area contributed by atoms with E-state index in [1.807, 2.05) is 24.3 Å². The molecule has 4 nitrogen and oxygen atoms in total. The molecule has 1 heterocycles. The zero-order valence-electron chi connectivity index (χ0n) is 12.0. The molecule has 20 heavy (non-hydrogen) atoms. The zero-order chi connectivity index (χ0) is 14.0. The molecule has 0 atom stereocenters. The molecule has 1 saturated carbocycles. The van der Waals surface area contributed by atoms with Crippen LogP contribution in [0.4, 0.5) is 5.95 Å². The maximum Gasteiger partial charge on any atom is 0.201 e. The fourth-order valence-corrected chi connectivity index (χ4v) is 3.08. The molecule has 3 N–H and O–H groups in total. The van der Waals surface area contributed by atoms with Crippen molar-refractivity contribution in [3.63, 3.8) is 0 Å². The minimum atomic E-state index is -0.579. The predicted octanol–water partition coefficient (Wildman–Crippen LogP) is 3.31. The van der Waals surface area contributed by atoms with E-state index in [1.54, 1.807) is 0 Å². The van der Waals surface area contributed by atoms with Gasteiger partial charge in [-0.15, -0.1) is 0 Å². The van der Waals surface area contributed by atoms with Crippen LogP contribution in [0.3, 0.4) is 0 Å². The van der Waals surface area contributed by atoms with E-state index in [-0.39, 0.29) is 0 Å². The van der Waals surface area contributed by atoms with E-state index in [0.717, 1.165) is 48.6 Å². The summed E-state index contributed by atoms with van der Waals surface area (Å²) in [5.41, 5.74) is 1.40. The standard InChI is InChI=1S/C16H23N3O/c1-2-12-7-9-16(20,10-8-12)11-17-15-18-13-5-3-4-6-14(13)19-15/h3-6,12,20H,2,7-11H2,1H3,(H2,17,18,19). The van der Waals surface area contributed by atoms with E-state index in [9.17, 15) is 5.11 Å². The Morgan fingerprint density at radius 1 is 1.35 bits per heavy atom. The summed E-state index contributed by atoms with van der Waals surface area (Å²) in [6.07, 6.45) is 5.27. The highest BCUT2D eigenvalue weighted by Crippen LogP contribution is 2.33. The predicted molar refractivity (Wildman–Crippen MR) is 81.8 cm³/mol. The first-order valence-electron chi connectivity index (χ1n) is 7.59. The van der Waals surface area contributed by atoms with Gasteiger partial charge in [0.2, 0.25) is 5.95 Å². The maximum atomic E-state index is 10.6. The molecule has 1 aromatic carbocycles. The number of aromatic nitrogens is 2. The molecule has 4 heteroatoms. The van der Waals surface area contributed by atoms with Crippen LogP contribution in [0.1, 0.15) is 39.0 Å². The van der Waals surface area contributed by atoms with Crippen molar-refractivity contribution in [3.05, 3.63) is 24.3 Å². The average molecular weight is 273 g/mol. The molecule has 1 aliphatic carbocycles. The van der Waals surface area contributed by atoms with Crippen LogP contribution in [0.15, 0.2) is 24.3 Å². The molecule has 0 amide bonds. The van der Waals surface area contributed by atoms with Crippen LogP contribution in [0.25, 0.3) is 11.0 Å². The minimum Gasteiger partial charge on any atom is -0.388 e. The van der Waals surface area contributed by atoms with Crippen LogP contribution in [0, 0.1) is 5.92 Å². The lowest BCUT2D eigenvalue weighted by molar-refractivity contribution is 0.00218. The number of nitrogens with zero attached hydrogens (tertiary/aromatic N) is 1. The van der Waals surface area contributed by atoms with Crippen molar-refractivity contribution < 1.29 is 5.11 Å². The van der Waals surface area contributed by atoms with Crippen LogP contribution in [0.5, 0.6) is 0 Å². The van der Waals surface area contributed by atoms with E-state index in [2.05, 4.69) is 22.2 Å². The van der Waals surface area contributed by atoms with Crippen molar-refractivity contribution in [2.45, 2.75) is 44.6 Å². The van der Waals surface area contributed by atoms with Gasteiger partial charge in [-0.05, 0) is 43.7 Å². The molecule has 1 aliphatic rings. The average Bonchev–Trinajstić information content (AvgIpc) is 2.89. The molecule has 0 aliphatic heterocycles. The van der Waals surface area contributed by atoms with Gasteiger partial charge in [0.05, 0.1) is 16.6 Å². The van der Waals surface area contributed by atoms with Crippen LogP contribution in [0.2, 0.25) is 0 Å². The topological polar surface area (TPSA) is 60.9 Å². The monoisotopic (exact) mass is 273 g/mol. The first-order valence-corrected chi connectivity index (χ1v) is 7.59. The smallest absolute Gasteiger partial charge is 0.201 e. The SMILES string of the molecule is CCC1CCC(O)(CNc2nc3ccccc3[nH]2)CC1. The Morgan fingerprint density at radius 2 is 2.10 bits per heavy atom. The summed E-state index contributed by atoms with van der Waals surface area (Å²) in [4.78, 5) is 7.72. The molecule has 1 fully saturated rings. The summed E-state index contributed by atoms with van der Waals surface area (Å²) in [5.74, 6) is 1.54. The summed E-state index contributed by atoms with van der Waals surface area (Å²) in [6.45, 7) is 2.81. The Kier molecular flexibility index (Phi) is 3.66. The van der Waals surface area contributed by atoms with Gasteiger partial charge in [0, 0.05) is 6.54 Å². The van der Waals surface area contributed by atoms with Gasteiger partial charge in [-0.3, -0.25) is 0 Å². The minimum absolute atomic E-state index is 0.573. The van der Waals surface area contributed by atoms with E-state index >= 15 is 0 Å². The van der Waals surface area contributed by atoms with Crippen LogP contribution >= 0.6 is 0 Å². The van der Waals surface area contributed by atoms with Gasteiger partial charge in [0.25, 0.3) is 0 Å². The Hall–Kier alpha value is -1.55. The fourth-order valence-electron chi connectivity index (χ4n) is 3.08. The van der Waals surface area contributed by atoms with Crippen molar-refractivity contribution in [1.82, 2.24) is 9.97 Å². The van der Waals surface area contributed by atoms with Gasteiger partial charge in [-0.1, -0.05) is 25.5 Å². The molecule has 108 valence electrons. The number of hydrogen-bond acceptors (Lipinski definition) is 3. The number of imidazole rings is 1. The molecule has 0 bridgehead atoms. The Balaban J connectivity index is 1.61. The van der Waals surface area contributed by atoms with Crippen LogP contribution < -0.4 is 5.32 Å². The van der Waals surface area contributed by atoms with Gasteiger partial charge in [-0.25, -0.2) is 4.98 Å². The zero-order valence-corrected chi connectivity index (χ0v) is 12.0. The van der Waals surface area contributed by atoms with Crippen LogP contribution in [-0.2, 0) is 0 Å². The Bertz CT molecular complexity index is 537. The lowest BCUT2D eigenvalue weighted by Gasteiger charge is -2.35. The molecule has 1 aromatic heterocycles. The number of nitrogens with one attached hydrogen (secondary N) is 2. The molecule has 3 rings (SSSR count). The number of anilines is 1. The first kappa shape index (κ1) is 13.4. The Labute approximate surface area is 119 Å². The molecule has 0 spiro atoms. The third kappa shape index (κ3) is 2.80. The molecule has 0 unspecified atom stereocenters. The van der Waals surface area contributed by atoms with E-state index < -0.39 is 5.60 Å². The summed E-state index contributed by atoms with van der Waals surface area (Å²) >= 11 is 0. The number of H-pyrrole nitrogens is 1. The fraction of sp³-hybridized carbons (Fsp3) is 0.562. The van der Waals surface area contributed by atoms with Crippen molar-refractivity contribution >= 4 is 17.0 Å². The third-order valence-corrected chi connectivity index (χ3v) is 4.59. The lowest BCUT2D eigenvalue weighted by Crippen LogP contribution is -2.40. The summed E-state index contributed by atoms with van der Waals surface area (Å²) in [5, 5.41) is 13.9. The van der Waals surface area contributed by atoms with E-state index in [0.29, 0.717) is 6.54 Å². The summed E-state index contributed by atoms with van der Waals surface area (Å²) < 4.78 is 0. The van der Waals surface area contributed by atoms with Crippen molar-refractivity contribution in [2.75, 3.05) is 11.9 Å². The van der Waals surface area contributed by atoms with Gasteiger partial charge < -0.3 is 15.4 Å². The summed E-state index contributed by atoms with van der Waals surface area (Å²) in [7, 11) is 0. The van der Waals surface area contributed by atoms with E-state index in [1.165, 1.54) is 6.42 Å². The highest BCUT2D eigenvalue weighted by atomic mass is 16.3. The van der Waals surface area contributed by atoms with Gasteiger partial charge in [0.15, 0.2) is 0 Å². The number of rotatable bonds is 4. The highest BCUT2D eigenvalue weighted by Gasteiger charge is 2.32. The lowest BCUT2D eigenvalue weighted by atomic mass is 9.78. The molecule has 0 saturated heterocycles. The van der Waals surface area contributed by atoms with Crippen molar-refractivity contribution in [1.29, 1.82) is 0 Å². The van der Waals surface area contributed by atoms with Gasteiger partial charge in [-0.2, -0.15) is 0 Å². The number of fused-ring (bicyclic) bond motifs is 1. The highest BCUT2D eigenvalue weighted by molar-refractivity contribution is 5.77. The number of aromatic amines is 1. The maximum absolute atomic E-state index is 10.6. The third-order valence-electron chi connectivity index (χ3n) is 4.59. The molecule has 0 radical (unpaired) electrons. The van der Waals surface area contributed by atoms with Crippen molar-refractivity contribution in [3.8, 4) is 0 Å². The largest absolute Gasteiger partial charge is 0.388 e. The van der Waals surface area contributed by atoms with Gasteiger partial charge in [0.1, 0.15) is 0 Å².